The highest BCUT2D eigenvalue weighted by Crippen LogP contribution is 2.35. The van der Waals surface area contributed by atoms with Crippen molar-refractivity contribution >= 4 is 0 Å². The van der Waals surface area contributed by atoms with Crippen molar-refractivity contribution < 1.29 is 0 Å². The van der Waals surface area contributed by atoms with Crippen LogP contribution in [0.5, 0.6) is 0 Å². The second-order valence-electron chi connectivity index (χ2n) is 7.11. The van der Waals surface area contributed by atoms with Crippen molar-refractivity contribution in [3.8, 4) is 0 Å². The molecule has 1 atom stereocenters. The molecule has 1 aliphatic rings. The van der Waals surface area contributed by atoms with E-state index >= 15 is 0 Å². The quantitative estimate of drug-likeness (QED) is 0.590. The summed E-state index contributed by atoms with van der Waals surface area (Å²) in [6.45, 7) is 10.5. The van der Waals surface area contributed by atoms with E-state index in [0.29, 0.717) is 0 Å². The molecule has 1 rings (SSSR count). The zero-order valence-electron chi connectivity index (χ0n) is 13.9. The molecule has 0 aromatic rings. The minimum Gasteiger partial charge on any atom is -0.314 e. The summed E-state index contributed by atoms with van der Waals surface area (Å²) in [6, 6.07) is 0.784. The monoisotopic (exact) mass is 267 g/mol. The molecule has 1 nitrogen and oxygen atoms in total. The zero-order chi connectivity index (χ0) is 14.1. The number of unbranched alkanes of at least 4 members (excludes halogenated alkanes) is 1. The molecule has 0 aromatic carbocycles. The molecule has 1 saturated carbocycles. The van der Waals surface area contributed by atoms with Crippen LogP contribution < -0.4 is 5.32 Å². The molecule has 0 amide bonds. The fourth-order valence-corrected chi connectivity index (χ4v) is 3.65. The molecule has 1 aliphatic carbocycles. The van der Waals surface area contributed by atoms with Gasteiger partial charge in [0.15, 0.2) is 0 Å². The van der Waals surface area contributed by atoms with Crippen molar-refractivity contribution in [1.29, 1.82) is 0 Å². The first-order valence-electron chi connectivity index (χ1n) is 8.90. The number of hydrogen-bond donors (Lipinski definition) is 1. The summed E-state index contributed by atoms with van der Waals surface area (Å²) >= 11 is 0. The molecular formula is C18H37N. The van der Waals surface area contributed by atoms with Gasteiger partial charge in [0.05, 0.1) is 0 Å². The Morgan fingerprint density at radius 2 is 1.68 bits per heavy atom. The predicted octanol–water partition coefficient (Wildman–Crippen LogP) is 5.40. The second-order valence-corrected chi connectivity index (χ2v) is 7.11. The van der Waals surface area contributed by atoms with Crippen LogP contribution in [0.25, 0.3) is 0 Å². The Morgan fingerprint density at radius 3 is 2.21 bits per heavy atom. The summed E-state index contributed by atoms with van der Waals surface area (Å²) in [5.41, 5.74) is 0. The summed E-state index contributed by atoms with van der Waals surface area (Å²) in [5, 5.41) is 3.83. The van der Waals surface area contributed by atoms with Gasteiger partial charge in [-0.3, -0.25) is 0 Å². The Labute approximate surface area is 121 Å². The van der Waals surface area contributed by atoms with Gasteiger partial charge in [0.2, 0.25) is 0 Å². The van der Waals surface area contributed by atoms with E-state index < -0.39 is 0 Å². The maximum atomic E-state index is 3.83. The summed E-state index contributed by atoms with van der Waals surface area (Å²) in [5.74, 6) is 2.82. The molecule has 0 spiro atoms. The molecule has 1 fully saturated rings. The smallest absolute Gasteiger partial charge is 0.00977 e. The Morgan fingerprint density at radius 1 is 1.00 bits per heavy atom. The van der Waals surface area contributed by atoms with Crippen LogP contribution in [0, 0.1) is 17.8 Å². The maximum absolute atomic E-state index is 3.83. The van der Waals surface area contributed by atoms with Gasteiger partial charge in [0.25, 0.3) is 0 Å². The molecule has 0 heterocycles. The van der Waals surface area contributed by atoms with Crippen molar-refractivity contribution in [3.63, 3.8) is 0 Å². The van der Waals surface area contributed by atoms with E-state index in [0.717, 1.165) is 23.8 Å². The molecule has 0 saturated heterocycles. The maximum Gasteiger partial charge on any atom is 0.00977 e. The highest BCUT2D eigenvalue weighted by Gasteiger charge is 2.27. The van der Waals surface area contributed by atoms with Crippen molar-refractivity contribution in [2.75, 3.05) is 6.54 Å². The topological polar surface area (TPSA) is 12.0 Å². The van der Waals surface area contributed by atoms with E-state index in [1.54, 1.807) is 0 Å². The number of nitrogens with one attached hydrogen (secondary N) is 1. The fraction of sp³-hybridized carbons (Fsp3) is 1.00. The van der Waals surface area contributed by atoms with Crippen molar-refractivity contribution in [2.45, 2.75) is 91.5 Å². The van der Waals surface area contributed by atoms with Gasteiger partial charge in [0, 0.05) is 6.04 Å². The third-order valence-corrected chi connectivity index (χ3v) is 4.81. The number of hydrogen-bond acceptors (Lipinski definition) is 1. The summed E-state index contributed by atoms with van der Waals surface area (Å²) in [7, 11) is 0. The highest BCUT2D eigenvalue weighted by molar-refractivity contribution is 4.82. The molecule has 19 heavy (non-hydrogen) atoms. The van der Waals surface area contributed by atoms with Gasteiger partial charge < -0.3 is 5.32 Å². The van der Waals surface area contributed by atoms with Crippen LogP contribution in [0.3, 0.4) is 0 Å². The number of rotatable bonds is 9. The summed E-state index contributed by atoms with van der Waals surface area (Å²) in [6.07, 6.45) is 12.9. The van der Waals surface area contributed by atoms with E-state index in [4.69, 9.17) is 0 Å². The SMILES string of the molecule is CCCCC1CCC(C(CC(C)C)NCCC)CC1. The lowest BCUT2D eigenvalue weighted by atomic mass is 9.75. The highest BCUT2D eigenvalue weighted by atomic mass is 14.9. The van der Waals surface area contributed by atoms with E-state index in [1.807, 2.05) is 0 Å². The van der Waals surface area contributed by atoms with E-state index in [2.05, 4.69) is 33.0 Å². The average molecular weight is 268 g/mol. The molecule has 114 valence electrons. The van der Waals surface area contributed by atoms with Gasteiger partial charge in [-0.1, -0.05) is 59.8 Å². The lowest BCUT2D eigenvalue weighted by Gasteiger charge is -2.35. The minimum atomic E-state index is 0.784. The Kier molecular flexibility index (Phi) is 8.77. The fourth-order valence-electron chi connectivity index (χ4n) is 3.65. The molecule has 0 aromatic heterocycles. The summed E-state index contributed by atoms with van der Waals surface area (Å²) < 4.78 is 0. The van der Waals surface area contributed by atoms with Crippen LogP contribution in [0.2, 0.25) is 0 Å². The third-order valence-electron chi connectivity index (χ3n) is 4.81. The lowest BCUT2D eigenvalue weighted by Crippen LogP contribution is -2.39. The average Bonchev–Trinajstić information content (AvgIpc) is 2.41. The third kappa shape index (κ3) is 6.79. The van der Waals surface area contributed by atoms with Crippen molar-refractivity contribution in [1.82, 2.24) is 5.32 Å². The Hall–Kier alpha value is -0.0400. The van der Waals surface area contributed by atoms with Crippen LogP contribution in [0.4, 0.5) is 0 Å². The van der Waals surface area contributed by atoms with Crippen molar-refractivity contribution in [3.05, 3.63) is 0 Å². The van der Waals surface area contributed by atoms with Crippen LogP contribution in [0.1, 0.15) is 85.5 Å². The van der Waals surface area contributed by atoms with E-state index in [9.17, 15) is 0 Å². The Bertz CT molecular complexity index is 204. The van der Waals surface area contributed by atoms with Gasteiger partial charge in [-0.25, -0.2) is 0 Å². The van der Waals surface area contributed by atoms with Gasteiger partial charge in [-0.15, -0.1) is 0 Å². The van der Waals surface area contributed by atoms with Crippen LogP contribution in [-0.2, 0) is 0 Å². The minimum absolute atomic E-state index is 0.784. The molecule has 0 aliphatic heterocycles. The van der Waals surface area contributed by atoms with Gasteiger partial charge >= 0.3 is 0 Å². The van der Waals surface area contributed by atoms with E-state index in [1.165, 1.54) is 64.3 Å². The first kappa shape index (κ1) is 17.0. The molecule has 1 unspecified atom stereocenters. The zero-order valence-corrected chi connectivity index (χ0v) is 13.9. The Balaban J connectivity index is 2.35. The van der Waals surface area contributed by atoms with Crippen LogP contribution in [0.15, 0.2) is 0 Å². The molecule has 0 bridgehead atoms. The lowest BCUT2D eigenvalue weighted by molar-refractivity contribution is 0.196. The predicted molar refractivity (Wildman–Crippen MR) is 86.5 cm³/mol. The normalized spacial score (nSPS) is 25.7. The largest absolute Gasteiger partial charge is 0.314 e. The molecule has 1 heteroatoms. The van der Waals surface area contributed by atoms with Gasteiger partial charge in [-0.05, 0) is 50.0 Å². The van der Waals surface area contributed by atoms with Crippen molar-refractivity contribution in [2.24, 2.45) is 17.8 Å². The summed E-state index contributed by atoms with van der Waals surface area (Å²) in [4.78, 5) is 0. The second kappa shape index (κ2) is 9.80. The molecule has 1 N–H and O–H groups in total. The van der Waals surface area contributed by atoms with E-state index in [-0.39, 0.29) is 0 Å². The standard InChI is InChI=1S/C18H37N/c1-5-7-8-16-9-11-17(12-10-16)18(14-15(3)4)19-13-6-2/h15-19H,5-14H2,1-4H3. The van der Waals surface area contributed by atoms with Gasteiger partial charge in [-0.2, -0.15) is 0 Å². The molecule has 0 radical (unpaired) electrons. The van der Waals surface area contributed by atoms with Gasteiger partial charge in [0.1, 0.15) is 0 Å². The van der Waals surface area contributed by atoms with Crippen LogP contribution >= 0.6 is 0 Å². The molecular weight excluding hydrogens is 230 g/mol. The first-order chi connectivity index (χ1) is 9.17. The van der Waals surface area contributed by atoms with Crippen LogP contribution in [-0.4, -0.2) is 12.6 Å². The first-order valence-corrected chi connectivity index (χ1v) is 8.90.